The van der Waals surface area contributed by atoms with Crippen molar-refractivity contribution in [2.24, 2.45) is 17.8 Å². The van der Waals surface area contributed by atoms with E-state index in [9.17, 15) is 0 Å². The number of rotatable bonds is 20. The predicted molar refractivity (Wildman–Crippen MR) is 178 cm³/mol. The average molecular weight is 627 g/mol. The van der Waals surface area contributed by atoms with Crippen LogP contribution < -0.4 is 4.74 Å². The zero-order valence-corrected chi connectivity index (χ0v) is 28.1. The van der Waals surface area contributed by atoms with Gasteiger partial charge in [-0.25, -0.2) is 0 Å². The Balaban J connectivity index is 1.13. The molecule has 0 saturated heterocycles. The van der Waals surface area contributed by atoms with E-state index in [1.54, 1.807) is 12.7 Å². The van der Waals surface area contributed by atoms with E-state index in [1.165, 1.54) is 56.1 Å². The topological polar surface area (TPSA) is 64.6 Å². The molecule has 1 fully saturated rings. The summed E-state index contributed by atoms with van der Waals surface area (Å²) in [5.74, 6) is 3.61. The van der Waals surface area contributed by atoms with E-state index in [-0.39, 0.29) is 6.79 Å². The highest BCUT2D eigenvalue weighted by molar-refractivity contribution is 5.40. The summed E-state index contributed by atoms with van der Waals surface area (Å²) in [7, 11) is 3.55. The van der Waals surface area contributed by atoms with Gasteiger partial charge in [-0.3, -0.25) is 0 Å². The van der Waals surface area contributed by atoms with Gasteiger partial charge >= 0.3 is 0 Å². The van der Waals surface area contributed by atoms with Crippen LogP contribution in [0.15, 0.2) is 48.5 Å². The number of fused-ring (bicyclic) bond motifs is 3. The van der Waals surface area contributed by atoms with Gasteiger partial charge in [-0.1, -0.05) is 56.2 Å². The molecule has 0 aliphatic heterocycles. The van der Waals surface area contributed by atoms with Crippen molar-refractivity contribution in [3.8, 4) is 5.75 Å². The molecule has 1 saturated carbocycles. The molecule has 0 heterocycles. The van der Waals surface area contributed by atoms with Crippen molar-refractivity contribution in [1.29, 1.82) is 0 Å². The molecule has 0 spiro atoms. The molecule has 7 nitrogen and oxygen atoms in total. The summed E-state index contributed by atoms with van der Waals surface area (Å²) >= 11 is 0. The minimum atomic E-state index is 0.285. The Kier molecular flexibility index (Phi) is 16.7. The van der Waals surface area contributed by atoms with Gasteiger partial charge in [0, 0.05) is 20.8 Å². The van der Waals surface area contributed by atoms with Crippen molar-refractivity contribution in [2.45, 2.75) is 83.3 Å². The summed E-state index contributed by atoms with van der Waals surface area (Å²) in [5, 5.41) is 0. The molecule has 45 heavy (non-hydrogen) atoms. The third kappa shape index (κ3) is 12.3. The predicted octanol–water partition coefficient (Wildman–Crippen LogP) is 7.59. The molecule has 2 aromatic rings. The van der Waals surface area contributed by atoms with Gasteiger partial charge in [0.1, 0.15) is 5.75 Å². The first-order chi connectivity index (χ1) is 22.2. The summed E-state index contributed by atoms with van der Waals surface area (Å²) in [6.07, 6.45) is 11.1. The van der Waals surface area contributed by atoms with Gasteiger partial charge in [0.2, 0.25) is 0 Å². The van der Waals surface area contributed by atoms with Gasteiger partial charge in [0.15, 0.2) is 6.79 Å². The first-order valence-corrected chi connectivity index (χ1v) is 17.3. The van der Waals surface area contributed by atoms with E-state index in [4.69, 9.17) is 33.2 Å². The maximum atomic E-state index is 5.91. The second-order valence-corrected chi connectivity index (χ2v) is 12.8. The molecule has 2 aromatic carbocycles. The van der Waals surface area contributed by atoms with Gasteiger partial charge in [0.05, 0.1) is 52.4 Å². The van der Waals surface area contributed by atoms with Crippen LogP contribution in [0.2, 0.25) is 0 Å². The first kappa shape index (κ1) is 35.8. The van der Waals surface area contributed by atoms with Crippen LogP contribution in [0.5, 0.6) is 5.75 Å². The van der Waals surface area contributed by atoms with Gasteiger partial charge in [-0.05, 0) is 97.4 Å². The highest BCUT2D eigenvalue weighted by Gasteiger charge is 2.40. The zero-order valence-electron chi connectivity index (χ0n) is 28.1. The molecule has 0 amide bonds. The van der Waals surface area contributed by atoms with Crippen molar-refractivity contribution in [3.63, 3.8) is 0 Å². The highest BCUT2D eigenvalue weighted by Crippen LogP contribution is 2.50. The molecule has 252 valence electrons. The lowest BCUT2D eigenvalue weighted by molar-refractivity contribution is -0.00453. The van der Waals surface area contributed by atoms with Gasteiger partial charge in [-0.15, -0.1) is 0 Å². The molecule has 5 atom stereocenters. The van der Waals surface area contributed by atoms with Crippen molar-refractivity contribution >= 4 is 0 Å². The SMILES string of the molecule is COCOc1ccc2c(c1)CC(CCCCOCCOCCOCCOCc1ccccc1)C1C(C)CCC(OC)CCCC21. The Hall–Kier alpha value is -2.00. The van der Waals surface area contributed by atoms with Crippen LogP contribution in [0, 0.1) is 17.8 Å². The highest BCUT2D eigenvalue weighted by atomic mass is 16.7. The number of benzene rings is 2. The van der Waals surface area contributed by atoms with E-state index in [0.29, 0.717) is 76.0 Å². The van der Waals surface area contributed by atoms with E-state index >= 15 is 0 Å². The van der Waals surface area contributed by atoms with E-state index in [1.807, 2.05) is 25.3 Å². The van der Waals surface area contributed by atoms with Gasteiger partial charge in [-0.2, -0.15) is 0 Å². The van der Waals surface area contributed by atoms with Crippen molar-refractivity contribution < 1.29 is 33.2 Å². The number of unbranched alkanes of at least 4 members (excludes halogenated alkanes) is 1. The third-order valence-corrected chi connectivity index (χ3v) is 9.67. The molecule has 0 bridgehead atoms. The Morgan fingerprint density at radius 2 is 1.47 bits per heavy atom. The number of ether oxygens (including phenoxy) is 7. The lowest BCUT2D eigenvalue weighted by Gasteiger charge is -2.43. The first-order valence-electron chi connectivity index (χ1n) is 17.3. The van der Waals surface area contributed by atoms with Crippen LogP contribution in [-0.2, 0) is 41.4 Å². The summed E-state index contributed by atoms with van der Waals surface area (Å²) in [6, 6.07) is 17.0. The molecule has 0 aromatic heterocycles. The monoisotopic (exact) mass is 626 g/mol. The number of hydrogen-bond acceptors (Lipinski definition) is 7. The van der Waals surface area contributed by atoms with Crippen LogP contribution in [0.3, 0.4) is 0 Å². The van der Waals surface area contributed by atoms with Crippen LogP contribution in [0.4, 0.5) is 0 Å². The quantitative estimate of drug-likeness (QED) is 0.111. The Morgan fingerprint density at radius 3 is 2.20 bits per heavy atom. The van der Waals surface area contributed by atoms with E-state index in [0.717, 1.165) is 25.2 Å². The molecule has 4 rings (SSSR count). The minimum absolute atomic E-state index is 0.285. The molecule has 0 radical (unpaired) electrons. The maximum absolute atomic E-state index is 5.91. The van der Waals surface area contributed by atoms with Crippen molar-refractivity contribution in [1.82, 2.24) is 0 Å². The lowest BCUT2D eigenvalue weighted by Crippen LogP contribution is -2.34. The van der Waals surface area contributed by atoms with Crippen LogP contribution in [-0.4, -0.2) is 73.4 Å². The molecule has 5 unspecified atom stereocenters. The van der Waals surface area contributed by atoms with Crippen molar-refractivity contribution in [3.05, 3.63) is 65.2 Å². The number of hydrogen-bond donors (Lipinski definition) is 0. The molecule has 2 aliphatic carbocycles. The van der Waals surface area contributed by atoms with Gasteiger partial charge < -0.3 is 33.2 Å². The Labute approximate surface area is 272 Å². The largest absolute Gasteiger partial charge is 0.468 e. The fourth-order valence-corrected chi connectivity index (χ4v) is 7.42. The lowest BCUT2D eigenvalue weighted by atomic mass is 9.61. The molecule has 7 heteroatoms. The Bertz CT molecular complexity index is 1050. The van der Waals surface area contributed by atoms with Gasteiger partial charge in [0.25, 0.3) is 0 Å². The molecule has 0 N–H and O–H groups in total. The summed E-state index contributed by atoms with van der Waals surface area (Å²) in [5.41, 5.74) is 4.20. The van der Waals surface area contributed by atoms with E-state index in [2.05, 4.69) is 37.3 Å². The number of methoxy groups -OCH3 is 2. The normalized spacial score (nSPS) is 23.4. The summed E-state index contributed by atoms with van der Waals surface area (Å²) in [6.45, 7) is 7.74. The van der Waals surface area contributed by atoms with Crippen LogP contribution in [0.25, 0.3) is 0 Å². The zero-order chi connectivity index (χ0) is 31.5. The third-order valence-electron chi connectivity index (χ3n) is 9.67. The van der Waals surface area contributed by atoms with Crippen LogP contribution in [0.1, 0.15) is 80.9 Å². The van der Waals surface area contributed by atoms with E-state index < -0.39 is 0 Å². The van der Waals surface area contributed by atoms with Crippen LogP contribution >= 0.6 is 0 Å². The second-order valence-electron chi connectivity index (χ2n) is 12.8. The van der Waals surface area contributed by atoms with Crippen molar-refractivity contribution in [2.75, 3.05) is 67.3 Å². The second kappa shape index (κ2) is 21.0. The summed E-state index contributed by atoms with van der Waals surface area (Å²) in [4.78, 5) is 0. The maximum Gasteiger partial charge on any atom is 0.188 e. The molecule has 2 aliphatic rings. The molecular weight excluding hydrogens is 568 g/mol. The Morgan fingerprint density at radius 1 is 0.733 bits per heavy atom. The molecular formula is C38H58O7. The fourth-order valence-electron chi connectivity index (χ4n) is 7.42. The standard InChI is InChI=1S/C38H58O7/c1-30-15-16-34(40-3)13-9-14-37-36-18-17-35(45-29-39-2)27-33(36)26-32(38(30)37)12-7-8-19-41-20-21-42-22-23-43-24-25-44-28-31-10-5-4-6-11-31/h4-6,10-11,17-18,27,30,32,34,37-38H,7-9,12-16,19-26,28-29H2,1-3H3. The minimum Gasteiger partial charge on any atom is -0.468 e. The fraction of sp³-hybridized carbons (Fsp3) is 0.684. The average Bonchev–Trinajstić information content (AvgIpc) is 3.14. The summed E-state index contributed by atoms with van der Waals surface area (Å²) < 4.78 is 39.7. The smallest absolute Gasteiger partial charge is 0.188 e.